The Kier molecular flexibility index (Phi) is 10.4. The van der Waals surface area contributed by atoms with Crippen LogP contribution in [0.3, 0.4) is 0 Å². The fraction of sp³-hybridized carbons (Fsp3) is 0.419. The molecule has 0 saturated carbocycles. The Morgan fingerprint density at radius 1 is 0.829 bits per heavy atom. The third-order valence-corrected chi connectivity index (χ3v) is 8.57. The molecule has 0 radical (unpaired) electrons. The van der Waals surface area contributed by atoms with E-state index in [1.54, 1.807) is 33.5 Å². The molecule has 222 valence electrons. The van der Waals surface area contributed by atoms with E-state index in [0.29, 0.717) is 54.4 Å². The van der Waals surface area contributed by atoms with Crippen LogP contribution in [-0.2, 0) is 21.2 Å². The number of methoxy groups -OCH3 is 3. The van der Waals surface area contributed by atoms with Gasteiger partial charge in [0.05, 0.1) is 52.5 Å². The van der Waals surface area contributed by atoms with Crippen LogP contribution in [0.2, 0.25) is 0 Å². The zero-order chi connectivity index (χ0) is 29.4. The molecule has 0 aromatic heterocycles. The number of hydrogen-bond acceptors (Lipinski definition) is 9. The van der Waals surface area contributed by atoms with Crippen molar-refractivity contribution >= 4 is 9.84 Å². The van der Waals surface area contributed by atoms with Crippen LogP contribution < -0.4 is 23.7 Å². The van der Waals surface area contributed by atoms with Crippen LogP contribution in [0.4, 0.5) is 0 Å². The van der Waals surface area contributed by atoms with E-state index in [4.69, 9.17) is 28.4 Å². The molecule has 0 bridgehead atoms. The average Bonchev–Trinajstić information content (AvgIpc) is 3.49. The summed E-state index contributed by atoms with van der Waals surface area (Å²) in [6.07, 6.45) is 1.34. The fourth-order valence-corrected chi connectivity index (χ4v) is 6.07. The number of hydrogen-bond donors (Lipinski definition) is 1. The standard InChI is InChI=1S/C31H38O9S/c1-5-14-38-31-28(39-20-21-9-7-6-8-10-21)18-23(19-29(31)41(33,34)15-13-32)25-12-11-24(40-25)22-16-26(35-2)30(37-4)27(17-22)36-3/h6-10,16-19,24-25,32H,5,11-15,20H2,1-4H3/t24-,25-/m0/s1. The second kappa shape index (κ2) is 13.9. The number of aliphatic hydroxyl groups is 1. The van der Waals surface area contributed by atoms with Gasteiger partial charge in [-0.1, -0.05) is 37.3 Å². The molecule has 2 atom stereocenters. The van der Waals surface area contributed by atoms with Crippen molar-refractivity contribution in [1.82, 2.24) is 0 Å². The molecular formula is C31H38O9S. The topological polar surface area (TPSA) is 110 Å². The summed E-state index contributed by atoms with van der Waals surface area (Å²) in [5, 5.41) is 9.51. The van der Waals surface area contributed by atoms with E-state index in [0.717, 1.165) is 11.1 Å². The summed E-state index contributed by atoms with van der Waals surface area (Å²) < 4.78 is 61.7. The lowest BCUT2D eigenvalue weighted by molar-refractivity contribution is 0.0434. The Labute approximate surface area is 241 Å². The fourth-order valence-electron chi connectivity index (χ4n) is 4.85. The van der Waals surface area contributed by atoms with Crippen molar-refractivity contribution in [1.29, 1.82) is 0 Å². The van der Waals surface area contributed by atoms with Gasteiger partial charge in [-0.05, 0) is 60.2 Å². The SMILES string of the molecule is CCCOc1c(OCc2ccccc2)cc([C@@H]2CC[C@@H](c3cc(OC)c(OC)c(OC)c3)O2)cc1S(=O)(=O)CCO. The minimum absolute atomic E-state index is 0.0135. The molecule has 9 nitrogen and oxygen atoms in total. The van der Waals surface area contributed by atoms with Gasteiger partial charge in [0.15, 0.2) is 32.8 Å². The summed E-state index contributed by atoms with van der Waals surface area (Å²) in [7, 11) is 0.798. The first-order valence-corrected chi connectivity index (χ1v) is 15.3. The molecule has 1 aliphatic rings. The van der Waals surface area contributed by atoms with E-state index in [9.17, 15) is 13.5 Å². The van der Waals surface area contributed by atoms with Crippen LogP contribution in [0.15, 0.2) is 59.5 Å². The summed E-state index contributed by atoms with van der Waals surface area (Å²) in [5.41, 5.74) is 2.45. The molecule has 1 fully saturated rings. The smallest absolute Gasteiger partial charge is 0.203 e. The van der Waals surface area contributed by atoms with Crippen molar-refractivity contribution in [2.45, 2.75) is 49.9 Å². The summed E-state index contributed by atoms with van der Waals surface area (Å²) in [5.74, 6) is 1.59. The van der Waals surface area contributed by atoms with E-state index in [1.807, 2.05) is 49.4 Å². The normalized spacial score (nSPS) is 16.8. The maximum atomic E-state index is 13.3. The molecule has 4 rings (SSSR count). The Morgan fingerprint density at radius 2 is 1.44 bits per heavy atom. The molecule has 3 aromatic carbocycles. The minimum atomic E-state index is -3.88. The number of aliphatic hydroxyl groups excluding tert-OH is 1. The van der Waals surface area contributed by atoms with Crippen molar-refractivity contribution in [2.75, 3.05) is 40.3 Å². The Balaban J connectivity index is 1.72. The lowest BCUT2D eigenvalue weighted by Gasteiger charge is -2.21. The van der Waals surface area contributed by atoms with Crippen molar-refractivity contribution < 1.29 is 41.9 Å². The Hall–Kier alpha value is -3.47. The molecule has 1 N–H and O–H groups in total. The molecule has 0 aliphatic carbocycles. The first-order chi connectivity index (χ1) is 19.8. The van der Waals surface area contributed by atoms with Gasteiger partial charge in [-0.25, -0.2) is 8.42 Å². The molecule has 10 heteroatoms. The van der Waals surface area contributed by atoms with Gasteiger partial charge in [-0.2, -0.15) is 0 Å². The van der Waals surface area contributed by atoms with Crippen LogP contribution in [0.5, 0.6) is 28.7 Å². The zero-order valence-corrected chi connectivity index (χ0v) is 24.7. The molecule has 0 unspecified atom stereocenters. The third-order valence-electron chi connectivity index (χ3n) is 6.88. The number of sulfone groups is 1. The van der Waals surface area contributed by atoms with E-state index in [2.05, 4.69) is 0 Å². The number of rotatable bonds is 14. The molecule has 3 aromatic rings. The van der Waals surface area contributed by atoms with Crippen molar-refractivity contribution in [3.63, 3.8) is 0 Å². The van der Waals surface area contributed by atoms with Gasteiger partial charge < -0.3 is 33.5 Å². The van der Waals surface area contributed by atoms with Gasteiger partial charge in [0.2, 0.25) is 5.75 Å². The molecule has 41 heavy (non-hydrogen) atoms. The highest BCUT2D eigenvalue weighted by Gasteiger charge is 2.33. The van der Waals surface area contributed by atoms with Crippen LogP contribution in [-0.4, -0.2) is 53.8 Å². The summed E-state index contributed by atoms with van der Waals surface area (Å²) in [6, 6.07) is 16.7. The predicted octanol–water partition coefficient (Wildman–Crippen LogP) is 5.44. The number of ether oxygens (including phenoxy) is 6. The molecule has 1 heterocycles. The molecule has 1 saturated heterocycles. The van der Waals surface area contributed by atoms with E-state index in [1.165, 1.54) is 0 Å². The maximum Gasteiger partial charge on any atom is 0.203 e. The molecular weight excluding hydrogens is 548 g/mol. The van der Waals surface area contributed by atoms with Crippen molar-refractivity contribution in [2.24, 2.45) is 0 Å². The van der Waals surface area contributed by atoms with Gasteiger partial charge in [-0.3, -0.25) is 0 Å². The minimum Gasteiger partial charge on any atom is -0.493 e. The van der Waals surface area contributed by atoms with E-state index < -0.39 is 28.3 Å². The van der Waals surface area contributed by atoms with E-state index in [-0.39, 0.29) is 23.4 Å². The molecule has 0 amide bonds. The zero-order valence-electron chi connectivity index (χ0n) is 23.9. The number of benzene rings is 3. The second-order valence-electron chi connectivity index (χ2n) is 9.66. The first kappa shape index (κ1) is 30.5. The monoisotopic (exact) mass is 586 g/mol. The first-order valence-electron chi connectivity index (χ1n) is 13.6. The largest absolute Gasteiger partial charge is 0.493 e. The highest BCUT2D eigenvalue weighted by molar-refractivity contribution is 7.91. The van der Waals surface area contributed by atoms with Crippen LogP contribution in [0.25, 0.3) is 0 Å². The quantitative estimate of drug-likeness (QED) is 0.264. The average molecular weight is 587 g/mol. The van der Waals surface area contributed by atoms with Gasteiger partial charge >= 0.3 is 0 Å². The van der Waals surface area contributed by atoms with Crippen LogP contribution >= 0.6 is 0 Å². The van der Waals surface area contributed by atoms with Gasteiger partial charge in [-0.15, -0.1) is 0 Å². The third kappa shape index (κ3) is 7.06. The molecule has 1 aliphatic heterocycles. The van der Waals surface area contributed by atoms with Crippen LogP contribution in [0.1, 0.15) is 55.1 Å². The summed E-state index contributed by atoms with van der Waals surface area (Å²) in [4.78, 5) is -0.0135. The summed E-state index contributed by atoms with van der Waals surface area (Å²) >= 11 is 0. The van der Waals surface area contributed by atoms with Gasteiger partial charge in [0.25, 0.3) is 0 Å². The lowest BCUT2D eigenvalue weighted by atomic mass is 10.0. The van der Waals surface area contributed by atoms with Crippen molar-refractivity contribution in [3.8, 4) is 28.7 Å². The Bertz CT molecular complexity index is 1380. The Morgan fingerprint density at radius 3 is 2.00 bits per heavy atom. The van der Waals surface area contributed by atoms with E-state index >= 15 is 0 Å². The lowest BCUT2D eigenvalue weighted by Crippen LogP contribution is -2.14. The van der Waals surface area contributed by atoms with Crippen LogP contribution in [0, 0.1) is 0 Å². The summed E-state index contributed by atoms with van der Waals surface area (Å²) in [6.45, 7) is 1.97. The van der Waals surface area contributed by atoms with Crippen molar-refractivity contribution in [3.05, 3.63) is 71.3 Å². The maximum absolute atomic E-state index is 13.3. The van der Waals surface area contributed by atoms with Gasteiger partial charge in [0, 0.05) is 0 Å². The second-order valence-corrected chi connectivity index (χ2v) is 11.7. The predicted molar refractivity (Wildman–Crippen MR) is 154 cm³/mol. The van der Waals surface area contributed by atoms with Gasteiger partial charge in [0.1, 0.15) is 11.5 Å². The highest BCUT2D eigenvalue weighted by Crippen LogP contribution is 2.48. The highest BCUT2D eigenvalue weighted by atomic mass is 32.2. The molecule has 0 spiro atoms.